The Morgan fingerprint density at radius 1 is 0.978 bits per heavy atom. The molecule has 2 aromatic rings. The van der Waals surface area contributed by atoms with E-state index in [1.165, 1.54) is 13.1 Å². The van der Waals surface area contributed by atoms with Gasteiger partial charge in [0, 0.05) is 25.2 Å². The van der Waals surface area contributed by atoms with Gasteiger partial charge in [0.2, 0.25) is 0 Å². The van der Waals surface area contributed by atoms with E-state index in [4.69, 9.17) is 23.7 Å². The Kier molecular flexibility index (Phi) is 9.08. The first-order chi connectivity index (χ1) is 21.4. The maximum Gasteiger partial charge on any atom is 0.339 e. The van der Waals surface area contributed by atoms with Crippen LogP contribution in [0.1, 0.15) is 87.9 Å². The van der Waals surface area contributed by atoms with Crippen molar-refractivity contribution < 1.29 is 42.9 Å². The number of benzene rings is 1. The number of pyridine rings is 1. The monoisotopic (exact) mass is 621 g/mol. The van der Waals surface area contributed by atoms with Crippen LogP contribution in [-0.2, 0) is 33.3 Å². The number of hydrogen-bond acceptors (Lipinski definition) is 10. The summed E-state index contributed by atoms with van der Waals surface area (Å²) in [6.45, 7) is 10.6. The molecule has 10 nitrogen and oxygen atoms in total. The molecule has 3 fully saturated rings. The Labute approximate surface area is 264 Å². The molecule has 45 heavy (non-hydrogen) atoms. The summed E-state index contributed by atoms with van der Waals surface area (Å²) in [5.41, 5.74) is -2.79. The number of nitrogens with zero attached hydrogens (tertiary/aromatic N) is 1. The van der Waals surface area contributed by atoms with Crippen LogP contribution in [-0.4, -0.2) is 65.0 Å². The summed E-state index contributed by atoms with van der Waals surface area (Å²) in [5.74, 6) is -3.17. The summed E-state index contributed by atoms with van der Waals surface area (Å²) in [5, 5.41) is 0. The zero-order chi connectivity index (χ0) is 32.6. The smallest absolute Gasteiger partial charge is 0.339 e. The molecule has 1 aromatic heterocycles. The van der Waals surface area contributed by atoms with Gasteiger partial charge in [0.25, 0.3) is 0 Å². The second-order valence-corrected chi connectivity index (χ2v) is 13.2. The van der Waals surface area contributed by atoms with Gasteiger partial charge in [-0.05, 0) is 69.7 Å². The fraction of sp³-hybridized carbons (Fsp3) is 0.571. The quantitative estimate of drug-likeness (QED) is 0.268. The van der Waals surface area contributed by atoms with E-state index in [1.54, 1.807) is 55.6 Å². The zero-order valence-electron chi connectivity index (χ0n) is 26.8. The van der Waals surface area contributed by atoms with E-state index in [0.717, 1.165) is 0 Å². The fourth-order valence-corrected chi connectivity index (χ4v) is 7.71. The van der Waals surface area contributed by atoms with Crippen LogP contribution in [0.25, 0.3) is 0 Å². The van der Waals surface area contributed by atoms with E-state index >= 15 is 0 Å². The number of carbonyl (C=O) groups is 4. The van der Waals surface area contributed by atoms with Crippen molar-refractivity contribution in [3.05, 3.63) is 66.0 Å². The molecule has 2 bridgehead atoms. The van der Waals surface area contributed by atoms with Crippen molar-refractivity contribution in [3.8, 4) is 0 Å². The summed E-state index contributed by atoms with van der Waals surface area (Å²) in [6.07, 6.45) is 1.91. The van der Waals surface area contributed by atoms with Crippen LogP contribution < -0.4 is 0 Å². The summed E-state index contributed by atoms with van der Waals surface area (Å²) in [6, 6.07) is 11.7. The van der Waals surface area contributed by atoms with Gasteiger partial charge in [0.15, 0.2) is 6.10 Å². The number of aromatic nitrogens is 1. The van der Waals surface area contributed by atoms with Crippen LogP contribution in [0.3, 0.4) is 0 Å². The van der Waals surface area contributed by atoms with Crippen LogP contribution in [0.2, 0.25) is 0 Å². The minimum Gasteiger partial charge on any atom is -0.462 e. The van der Waals surface area contributed by atoms with E-state index in [0.29, 0.717) is 31.2 Å². The van der Waals surface area contributed by atoms with Crippen LogP contribution in [0.4, 0.5) is 0 Å². The van der Waals surface area contributed by atoms with Crippen LogP contribution in [0, 0.1) is 23.2 Å². The SMILES string of the molecule is CCC(C)C(=O)OC1C2CC3(OC2(C)C)C(C)CCC(OC(C)=O)C3(COC(=O)c2cccnc2)C1OC(=O)c1ccccc1. The Morgan fingerprint density at radius 3 is 2.33 bits per heavy atom. The van der Waals surface area contributed by atoms with Crippen molar-refractivity contribution in [1.29, 1.82) is 0 Å². The number of rotatable bonds is 9. The van der Waals surface area contributed by atoms with E-state index in [9.17, 15) is 19.2 Å². The highest BCUT2D eigenvalue weighted by atomic mass is 16.6. The number of fused-ring (bicyclic) bond motifs is 1. The van der Waals surface area contributed by atoms with E-state index < -0.39 is 64.7 Å². The minimum atomic E-state index is -1.43. The Morgan fingerprint density at radius 2 is 1.69 bits per heavy atom. The number of carbonyl (C=O) groups excluding carboxylic acids is 4. The van der Waals surface area contributed by atoms with Crippen LogP contribution in [0.5, 0.6) is 0 Å². The highest BCUT2D eigenvalue weighted by Crippen LogP contribution is 2.67. The predicted octanol–water partition coefficient (Wildman–Crippen LogP) is 5.34. The summed E-state index contributed by atoms with van der Waals surface area (Å²) < 4.78 is 32.0. The van der Waals surface area contributed by atoms with Crippen LogP contribution >= 0.6 is 0 Å². The van der Waals surface area contributed by atoms with Crippen molar-refractivity contribution in [2.75, 3.05) is 6.61 Å². The molecule has 0 radical (unpaired) electrons. The van der Waals surface area contributed by atoms with Crippen molar-refractivity contribution in [2.24, 2.45) is 23.2 Å². The average molecular weight is 622 g/mol. The number of ether oxygens (including phenoxy) is 5. The van der Waals surface area contributed by atoms with E-state index in [-0.39, 0.29) is 24.0 Å². The molecule has 242 valence electrons. The lowest BCUT2D eigenvalue weighted by Gasteiger charge is -2.61. The lowest BCUT2D eigenvalue weighted by Crippen LogP contribution is -2.74. The van der Waals surface area contributed by atoms with Gasteiger partial charge in [-0.25, -0.2) is 9.59 Å². The molecule has 2 saturated carbocycles. The number of esters is 4. The molecule has 0 N–H and O–H groups in total. The molecule has 2 heterocycles. The Balaban J connectivity index is 1.71. The Bertz CT molecular complexity index is 1410. The topological polar surface area (TPSA) is 127 Å². The molecular weight excluding hydrogens is 578 g/mol. The molecule has 2 aliphatic carbocycles. The molecule has 8 unspecified atom stereocenters. The van der Waals surface area contributed by atoms with Gasteiger partial charge in [-0.2, -0.15) is 0 Å². The Hall–Kier alpha value is -3.79. The highest BCUT2D eigenvalue weighted by molar-refractivity contribution is 5.90. The van der Waals surface area contributed by atoms with Gasteiger partial charge in [-0.1, -0.05) is 39.0 Å². The summed E-state index contributed by atoms with van der Waals surface area (Å²) in [7, 11) is 0. The first-order valence-electron chi connectivity index (χ1n) is 15.8. The maximum atomic E-state index is 13.9. The normalized spacial score (nSPS) is 32.0. The van der Waals surface area contributed by atoms with Crippen molar-refractivity contribution in [1.82, 2.24) is 4.98 Å². The molecule has 1 aliphatic heterocycles. The maximum absolute atomic E-state index is 13.9. The molecule has 8 atom stereocenters. The molecule has 10 heteroatoms. The first-order valence-corrected chi connectivity index (χ1v) is 15.8. The number of hydrogen-bond donors (Lipinski definition) is 0. The minimum absolute atomic E-state index is 0.116. The zero-order valence-corrected chi connectivity index (χ0v) is 26.8. The molecule has 5 rings (SSSR count). The van der Waals surface area contributed by atoms with E-state index in [1.807, 2.05) is 20.8 Å². The molecule has 1 spiro atoms. The van der Waals surface area contributed by atoms with Gasteiger partial charge >= 0.3 is 23.9 Å². The second-order valence-electron chi connectivity index (χ2n) is 13.2. The standard InChI is InChI=1S/C35H43NO9/c1-7-21(2)30(38)43-28-26-18-35(45-33(26,5)6)22(3)15-16-27(42-23(4)37)34(35,20-41-31(39)25-14-11-17-36-19-25)29(28)44-32(40)24-12-9-8-10-13-24/h8-14,17,19,21-22,26-29H,7,15-16,18,20H2,1-6H3. The van der Waals surface area contributed by atoms with Crippen molar-refractivity contribution in [3.63, 3.8) is 0 Å². The first kappa shape index (κ1) is 32.6. The predicted molar refractivity (Wildman–Crippen MR) is 162 cm³/mol. The van der Waals surface area contributed by atoms with Crippen molar-refractivity contribution in [2.45, 2.75) is 96.7 Å². The van der Waals surface area contributed by atoms with Gasteiger partial charge in [0.05, 0.1) is 28.2 Å². The lowest BCUT2D eigenvalue weighted by atomic mass is 9.49. The second kappa shape index (κ2) is 12.5. The molecule has 1 saturated heterocycles. The third-order valence-corrected chi connectivity index (χ3v) is 10.2. The largest absolute Gasteiger partial charge is 0.462 e. The summed E-state index contributed by atoms with van der Waals surface area (Å²) >= 11 is 0. The fourth-order valence-electron chi connectivity index (χ4n) is 7.71. The van der Waals surface area contributed by atoms with Crippen molar-refractivity contribution >= 4 is 23.9 Å². The van der Waals surface area contributed by atoms with Gasteiger partial charge in [-0.15, -0.1) is 0 Å². The van der Waals surface area contributed by atoms with E-state index in [2.05, 4.69) is 11.9 Å². The molecule has 1 aromatic carbocycles. The van der Waals surface area contributed by atoms with Crippen LogP contribution in [0.15, 0.2) is 54.9 Å². The average Bonchev–Trinajstić information content (AvgIpc) is 3.29. The third kappa shape index (κ3) is 5.73. The molecule has 3 aliphatic rings. The highest BCUT2D eigenvalue weighted by Gasteiger charge is 2.79. The summed E-state index contributed by atoms with van der Waals surface area (Å²) in [4.78, 5) is 57.5. The van der Waals surface area contributed by atoms with Gasteiger partial charge < -0.3 is 23.7 Å². The lowest BCUT2D eigenvalue weighted by molar-refractivity contribution is -0.287. The van der Waals surface area contributed by atoms with Gasteiger partial charge in [-0.3, -0.25) is 14.6 Å². The third-order valence-electron chi connectivity index (χ3n) is 10.2. The van der Waals surface area contributed by atoms with Gasteiger partial charge in [0.1, 0.15) is 24.2 Å². The molecule has 0 amide bonds. The molecular formula is C35H43NO9.